The van der Waals surface area contributed by atoms with Crippen LogP contribution in [0.4, 0.5) is 5.69 Å². The van der Waals surface area contributed by atoms with Crippen molar-refractivity contribution in [2.24, 2.45) is 0 Å². The van der Waals surface area contributed by atoms with Crippen LogP contribution in [0, 0.1) is 0 Å². The van der Waals surface area contributed by atoms with Crippen molar-refractivity contribution in [3.8, 4) is 0 Å². The lowest BCUT2D eigenvalue weighted by molar-refractivity contribution is -0.150. The van der Waals surface area contributed by atoms with E-state index in [-0.39, 0.29) is 5.97 Å². The highest BCUT2D eigenvalue weighted by molar-refractivity contribution is 9.10. The maximum absolute atomic E-state index is 11.9. The van der Waals surface area contributed by atoms with Crippen molar-refractivity contribution >= 4 is 39.2 Å². The Morgan fingerprint density at radius 3 is 2.83 bits per heavy atom. The normalized spacial score (nSPS) is 16.8. The van der Waals surface area contributed by atoms with Crippen molar-refractivity contribution in [1.82, 2.24) is 5.32 Å². The molecule has 1 aliphatic heterocycles. The molecular weight excluding hydrogens is 320 g/mol. The molecule has 0 saturated carbocycles. The van der Waals surface area contributed by atoms with Gasteiger partial charge in [0.1, 0.15) is 0 Å². The second-order valence-electron chi connectivity index (χ2n) is 4.16. The Morgan fingerprint density at radius 2 is 2.33 bits per heavy atom. The van der Waals surface area contributed by atoms with Crippen LogP contribution in [0.1, 0.15) is 6.92 Å². The van der Waals surface area contributed by atoms with Crippen LogP contribution in [0.15, 0.2) is 22.7 Å². The molecule has 6 heteroatoms. The Balaban J connectivity index is 2.15. The largest absolute Gasteiger partial charge is 0.464 e. The lowest BCUT2D eigenvalue weighted by Crippen LogP contribution is -2.69. The third-order valence-electron chi connectivity index (χ3n) is 2.82. The second kappa shape index (κ2) is 5.47. The maximum atomic E-state index is 11.9. The molecule has 98 valence electrons. The molecule has 0 amide bonds. The van der Waals surface area contributed by atoms with Gasteiger partial charge in [0.15, 0.2) is 5.54 Å². The Morgan fingerprint density at radius 1 is 1.61 bits per heavy atom. The summed E-state index contributed by atoms with van der Waals surface area (Å²) in [5.74, 6) is -0.227. The van der Waals surface area contributed by atoms with Crippen molar-refractivity contribution in [3.05, 3.63) is 27.7 Å². The summed E-state index contributed by atoms with van der Waals surface area (Å²) in [4.78, 5) is 11.9. The third-order valence-corrected chi connectivity index (χ3v) is 4.04. The number of carbonyl (C=O) groups excluding carboxylic acids is 1. The van der Waals surface area contributed by atoms with E-state index in [0.29, 0.717) is 24.7 Å². The molecule has 1 saturated heterocycles. The number of esters is 1. The van der Waals surface area contributed by atoms with Crippen LogP contribution in [-0.4, -0.2) is 31.2 Å². The second-order valence-corrected chi connectivity index (χ2v) is 5.42. The van der Waals surface area contributed by atoms with Gasteiger partial charge in [-0.1, -0.05) is 11.6 Å². The molecule has 0 aliphatic carbocycles. The molecule has 4 nitrogen and oxygen atoms in total. The van der Waals surface area contributed by atoms with Gasteiger partial charge in [0.25, 0.3) is 0 Å². The molecule has 0 aromatic heterocycles. The first kappa shape index (κ1) is 13.6. The molecule has 2 rings (SSSR count). The van der Waals surface area contributed by atoms with Crippen molar-refractivity contribution in [3.63, 3.8) is 0 Å². The van der Waals surface area contributed by atoms with E-state index in [1.54, 1.807) is 13.0 Å². The van der Waals surface area contributed by atoms with E-state index >= 15 is 0 Å². The van der Waals surface area contributed by atoms with Crippen LogP contribution in [0.3, 0.4) is 0 Å². The highest BCUT2D eigenvalue weighted by Crippen LogP contribution is 2.28. The number of carbonyl (C=O) groups is 1. The number of anilines is 1. The van der Waals surface area contributed by atoms with Crippen molar-refractivity contribution in [2.45, 2.75) is 12.5 Å². The Labute approximate surface area is 119 Å². The number of rotatable bonds is 4. The standard InChI is InChI=1S/C12H14BrClN2O2/c1-2-18-11(17)12(6-15-7-12)16-8-3-4-10(14)9(13)5-8/h3-5,15-16H,2,6-7H2,1H3. The smallest absolute Gasteiger partial charge is 0.334 e. The molecule has 0 unspecified atom stereocenters. The zero-order valence-electron chi connectivity index (χ0n) is 9.93. The number of ether oxygens (including phenoxy) is 1. The molecule has 0 bridgehead atoms. The number of nitrogens with one attached hydrogen (secondary N) is 2. The van der Waals surface area contributed by atoms with Gasteiger partial charge < -0.3 is 15.4 Å². The molecule has 1 aliphatic rings. The molecule has 0 spiro atoms. The Kier molecular flexibility index (Phi) is 4.14. The average molecular weight is 334 g/mol. The van der Waals surface area contributed by atoms with Gasteiger partial charge in [-0.2, -0.15) is 0 Å². The van der Waals surface area contributed by atoms with Crippen LogP contribution in [-0.2, 0) is 9.53 Å². The summed E-state index contributed by atoms with van der Waals surface area (Å²) >= 11 is 9.29. The van der Waals surface area contributed by atoms with E-state index in [9.17, 15) is 4.79 Å². The average Bonchev–Trinajstić information content (AvgIpc) is 2.28. The highest BCUT2D eigenvalue weighted by atomic mass is 79.9. The summed E-state index contributed by atoms with van der Waals surface area (Å²) in [5.41, 5.74) is 0.171. The zero-order valence-corrected chi connectivity index (χ0v) is 12.3. The molecule has 1 heterocycles. The number of halogens is 2. The Bertz CT molecular complexity index is 463. The van der Waals surface area contributed by atoms with Crippen LogP contribution in [0.2, 0.25) is 5.02 Å². The molecule has 1 aromatic carbocycles. The lowest BCUT2D eigenvalue weighted by atomic mass is 9.92. The van der Waals surface area contributed by atoms with Crippen LogP contribution in [0.5, 0.6) is 0 Å². The van der Waals surface area contributed by atoms with Gasteiger partial charge in [-0.3, -0.25) is 0 Å². The topological polar surface area (TPSA) is 50.4 Å². The quantitative estimate of drug-likeness (QED) is 0.831. The fourth-order valence-corrected chi connectivity index (χ4v) is 2.27. The fourth-order valence-electron chi connectivity index (χ4n) is 1.78. The van der Waals surface area contributed by atoms with Crippen molar-refractivity contribution in [1.29, 1.82) is 0 Å². The molecular formula is C12H14BrClN2O2. The minimum atomic E-state index is -0.663. The Hall–Kier alpha value is -0.780. The predicted octanol–water partition coefficient (Wildman–Crippen LogP) is 2.42. The first-order valence-electron chi connectivity index (χ1n) is 5.68. The van der Waals surface area contributed by atoms with Crippen LogP contribution in [0.25, 0.3) is 0 Å². The van der Waals surface area contributed by atoms with E-state index in [4.69, 9.17) is 16.3 Å². The van der Waals surface area contributed by atoms with E-state index in [2.05, 4.69) is 26.6 Å². The lowest BCUT2D eigenvalue weighted by Gasteiger charge is -2.41. The summed E-state index contributed by atoms with van der Waals surface area (Å²) in [6, 6.07) is 5.47. The highest BCUT2D eigenvalue weighted by Gasteiger charge is 2.45. The molecule has 18 heavy (non-hydrogen) atoms. The van der Waals surface area contributed by atoms with Gasteiger partial charge in [-0.15, -0.1) is 0 Å². The van der Waals surface area contributed by atoms with E-state index in [1.165, 1.54) is 0 Å². The molecule has 1 aromatic rings. The number of benzene rings is 1. The van der Waals surface area contributed by atoms with Gasteiger partial charge in [0.2, 0.25) is 0 Å². The minimum absolute atomic E-state index is 0.227. The van der Waals surface area contributed by atoms with Crippen LogP contribution < -0.4 is 10.6 Å². The van der Waals surface area contributed by atoms with Gasteiger partial charge in [-0.05, 0) is 41.1 Å². The monoisotopic (exact) mass is 332 g/mol. The molecule has 1 fully saturated rings. The van der Waals surface area contributed by atoms with Crippen LogP contribution >= 0.6 is 27.5 Å². The predicted molar refractivity (Wildman–Crippen MR) is 75.0 cm³/mol. The number of hydrogen-bond donors (Lipinski definition) is 2. The summed E-state index contributed by atoms with van der Waals surface area (Å²) in [6.07, 6.45) is 0. The van der Waals surface area contributed by atoms with Crippen molar-refractivity contribution in [2.75, 3.05) is 25.0 Å². The van der Waals surface area contributed by atoms with E-state index in [1.807, 2.05) is 12.1 Å². The molecule has 0 radical (unpaired) electrons. The molecule has 0 atom stereocenters. The first-order valence-corrected chi connectivity index (χ1v) is 6.86. The fraction of sp³-hybridized carbons (Fsp3) is 0.417. The van der Waals surface area contributed by atoms with Gasteiger partial charge in [0, 0.05) is 23.2 Å². The van der Waals surface area contributed by atoms with Gasteiger partial charge in [0.05, 0.1) is 11.6 Å². The third kappa shape index (κ3) is 2.63. The first-order chi connectivity index (χ1) is 8.57. The number of hydrogen-bond acceptors (Lipinski definition) is 4. The zero-order chi connectivity index (χ0) is 13.2. The van der Waals surface area contributed by atoms with Crippen molar-refractivity contribution < 1.29 is 9.53 Å². The van der Waals surface area contributed by atoms with Gasteiger partial charge in [-0.25, -0.2) is 4.79 Å². The summed E-state index contributed by atoms with van der Waals surface area (Å²) in [6.45, 7) is 3.31. The summed E-state index contributed by atoms with van der Waals surface area (Å²) in [7, 11) is 0. The van der Waals surface area contributed by atoms with E-state index in [0.717, 1.165) is 10.2 Å². The van der Waals surface area contributed by atoms with Gasteiger partial charge >= 0.3 is 5.97 Å². The van der Waals surface area contributed by atoms with E-state index < -0.39 is 5.54 Å². The summed E-state index contributed by atoms with van der Waals surface area (Å²) in [5, 5.41) is 6.94. The minimum Gasteiger partial charge on any atom is -0.464 e. The maximum Gasteiger partial charge on any atom is 0.334 e. The SMILES string of the molecule is CCOC(=O)C1(Nc2ccc(Cl)c(Br)c2)CNC1. The summed E-state index contributed by atoms with van der Waals surface area (Å²) < 4.78 is 5.89. The molecule has 2 N–H and O–H groups in total.